The highest BCUT2D eigenvalue weighted by Crippen LogP contribution is 2.35. The molecule has 0 aromatic heterocycles. The minimum atomic E-state index is -1.42. The van der Waals surface area contributed by atoms with Gasteiger partial charge in [0.25, 0.3) is 11.8 Å². The molecule has 14 heteroatoms. The minimum absolute atomic E-state index is 0.203. The molecule has 2 amide bonds. The molecule has 0 heterocycles. The first-order valence-corrected chi connectivity index (χ1v) is 15.9. The lowest BCUT2D eigenvalue weighted by Crippen LogP contribution is -2.32. The number of Topliss-reactive ketones (excluding diaryl/α,β-unsaturated/α-hetero) is 2. The Kier molecular flexibility index (Phi) is 12.5. The number of ether oxygens (including phenoxy) is 2. The van der Waals surface area contributed by atoms with Gasteiger partial charge < -0.3 is 20.1 Å². The number of halogens is 2. The van der Waals surface area contributed by atoms with Crippen molar-refractivity contribution in [1.82, 2.24) is 0 Å². The Hall–Kier alpha value is -5.46. The lowest BCUT2D eigenvalue weighted by atomic mass is 10.0. The van der Waals surface area contributed by atoms with E-state index in [0.29, 0.717) is 34.0 Å². The van der Waals surface area contributed by atoms with E-state index in [1.165, 1.54) is 28.1 Å². The molecule has 0 aliphatic rings. The molecule has 4 aromatic rings. The number of carbonyl (C=O) groups excluding carboxylic acids is 4. The first kappa shape index (κ1) is 37.4. The third kappa shape index (κ3) is 9.36. The standard InChI is InChI=1S/C36H34Cl2N6O6/c1-19-7-13-31(49-5)29(15-19)39-35(47)33(21(3)45)43-41-27-11-9-23(17-25(27)37)24-10-12-28(26(38)18-24)42-44-34(22(4)46)36(48)40-30-16-20(2)8-14-32(30)50-6/h7-18,33-34H,1-6H3,(H,39,47)(H,40,48). The zero-order chi connectivity index (χ0) is 36.5. The number of nitrogens with one attached hydrogen (secondary N) is 2. The molecule has 0 saturated carbocycles. The molecule has 0 bridgehead atoms. The van der Waals surface area contributed by atoms with Crippen LogP contribution in [-0.4, -0.2) is 49.7 Å². The molecule has 2 unspecified atom stereocenters. The highest BCUT2D eigenvalue weighted by atomic mass is 35.5. The van der Waals surface area contributed by atoms with Crippen molar-refractivity contribution in [3.05, 3.63) is 94.0 Å². The Morgan fingerprint density at radius 1 is 0.600 bits per heavy atom. The number of hydrogen-bond donors (Lipinski definition) is 2. The summed E-state index contributed by atoms with van der Waals surface area (Å²) in [6, 6.07) is 17.5. The number of azo groups is 2. The topological polar surface area (TPSA) is 160 Å². The maximum Gasteiger partial charge on any atom is 0.258 e. The summed E-state index contributed by atoms with van der Waals surface area (Å²) in [6.07, 6.45) is 0. The van der Waals surface area contributed by atoms with Gasteiger partial charge in [-0.05, 0) is 98.5 Å². The molecule has 2 N–H and O–H groups in total. The van der Waals surface area contributed by atoms with Crippen LogP contribution in [0.25, 0.3) is 11.1 Å². The van der Waals surface area contributed by atoms with E-state index in [1.807, 2.05) is 26.0 Å². The summed E-state index contributed by atoms with van der Waals surface area (Å²) < 4.78 is 10.6. The first-order valence-electron chi connectivity index (χ1n) is 15.1. The van der Waals surface area contributed by atoms with Crippen molar-refractivity contribution in [2.45, 2.75) is 39.8 Å². The molecule has 0 radical (unpaired) electrons. The van der Waals surface area contributed by atoms with Crippen molar-refractivity contribution in [2.75, 3.05) is 24.9 Å². The maximum atomic E-state index is 13.0. The van der Waals surface area contributed by atoms with Gasteiger partial charge in [-0.15, -0.1) is 0 Å². The summed E-state index contributed by atoms with van der Waals surface area (Å²) >= 11 is 13.0. The van der Waals surface area contributed by atoms with Gasteiger partial charge in [0.1, 0.15) is 22.9 Å². The van der Waals surface area contributed by atoms with Crippen molar-refractivity contribution < 1.29 is 28.7 Å². The molecule has 4 rings (SSSR count). The van der Waals surface area contributed by atoms with Gasteiger partial charge in [-0.25, -0.2) is 0 Å². The molecule has 12 nitrogen and oxygen atoms in total. The molecular weight excluding hydrogens is 683 g/mol. The summed E-state index contributed by atoms with van der Waals surface area (Å²) in [5.74, 6) is -1.52. The lowest BCUT2D eigenvalue weighted by Gasteiger charge is -2.13. The predicted molar refractivity (Wildman–Crippen MR) is 193 cm³/mol. The Bertz CT molecular complexity index is 1870. The monoisotopic (exact) mass is 716 g/mol. The second-order valence-electron chi connectivity index (χ2n) is 11.2. The number of ketones is 2. The van der Waals surface area contributed by atoms with Gasteiger partial charge in [0.05, 0.1) is 35.6 Å². The van der Waals surface area contributed by atoms with Crippen LogP contribution < -0.4 is 20.1 Å². The SMILES string of the molecule is COc1ccc(C)cc1NC(=O)C(N=Nc1ccc(-c2ccc(N=NC(C(C)=O)C(=O)Nc3cc(C)ccc3OC)c(Cl)c2)cc1Cl)C(C)=O. The van der Waals surface area contributed by atoms with E-state index >= 15 is 0 Å². The third-order valence-electron chi connectivity index (χ3n) is 7.28. The number of aryl methyl sites for hydroxylation is 2. The van der Waals surface area contributed by atoms with E-state index in [9.17, 15) is 19.2 Å². The van der Waals surface area contributed by atoms with Gasteiger partial charge in [-0.3, -0.25) is 19.2 Å². The summed E-state index contributed by atoms with van der Waals surface area (Å²) in [7, 11) is 2.95. The van der Waals surface area contributed by atoms with E-state index in [-0.39, 0.29) is 21.4 Å². The zero-order valence-corrected chi connectivity index (χ0v) is 29.6. The number of hydrogen-bond acceptors (Lipinski definition) is 10. The average molecular weight is 718 g/mol. The Morgan fingerprint density at radius 2 is 0.980 bits per heavy atom. The number of rotatable bonds is 13. The van der Waals surface area contributed by atoms with Gasteiger partial charge in [0, 0.05) is 0 Å². The number of methoxy groups -OCH3 is 2. The maximum absolute atomic E-state index is 13.0. The second kappa shape index (κ2) is 16.8. The largest absolute Gasteiger partial charge is 0.495 e. The highest BCUT2D eigenvalue weighted by Gasteiger charge is 2.26. The molecule has 0 spiro atoms. The van der Waals surface area contributed by atoms with Crippen LogP contribution in [0.1, 0.15) is 25.0 Å². The van der Waals surface area contributed by atoms with E-state index in [1.54, 1.807) is 60.7 Å². The van der Waals surface area contributed by atoms with Gasteiger partial charge in [0.15, 0.2) is 11.6 Å². The van der Waals surface area contributed by atoms with Gasteiger partial charge in [-0.2, -0.15) is 20.5 Å². The summed E-state index contributed by atoms with van der Waals surface area (Å²) in [4.78, 5) is 50.5. The number of amides is 2. The Labute approximate surface area is 298 Å². The molecule has 258 valence electrons. The predicted octanol–water partition coefficient (Wildman–Crippen LogP) is 8.65. The fourth-order valence-electron chi connectivity index (χ4n) is 4.65. The van der Waals surface area contributed by atoms with Crippen LogP contribution >= 0.6 is 23.2 Å². The molecule has 0 saturated heterocycles. The molecular formula is C36H34Cl2N6O6. The highest BCUT2D eigenvalue weighted by molar-refractivity contribution is 6.34. The van der Waals surface area contributed by atoms with Crippen molar-refractivity contribution in [3.8, 4) is 22.6 Å². The van der Waals surface area contributed by atoms with Gasteiger partial charge >= 0.3 is 0 Å². The van der Waals surface area contributed by atoms with Crippen LogP contribution in [0.3, 0.4) is 0 Å². The number of carbonyl (C=O) groups is 4. The van der Waals surface area contributed by atoms with Crippen LogP contribution in [0.15, 0.2) is 93.3 Å². The Morgan fingerprint density at radius 3 is 1.30 bits per heavy atom. The molecule has 50 heavy (non-hydrogen) atoms. The first-order chi connectivity index (χ1) is 23.8. The van der Waals surface area contributed by atoms with Crippen molar-refractivity contribution in [3.63, 3.8) is 0 Å². The summed E-state index contributed by atoms with van der Waals surface area (Å²) in [5.41, 5.74) is 4.37. The van der Waals surface area contributed by atoms with Crippen LogP contribution in [0, 0.1) is 13.8 Å². The van der Waals surface area contributed by atoms with E-state index in [0.717, 1.165) is 11.1 Å². The van der Waals surface area contributed by atoms with Crippen LogP contribution in [0.4, 0.5) is 22.7 Å². The van der Waals surface area contributed by atoms with Crippen molar-refractivity contribution >= 4 is 69.3 Å². The van der Waals surface area contributed by atoms with E-state index in [4.69, 9.17) is 32.7 Å². The average Bonchev–Trinajstić information content (AvgIpc) is 3.06. The van der Waals surface area contributed by atoms with E-state index < -0.39 is 35.5 Å². The molecule has 0 aliphatic heterocycles. The molecule has 4 aromatic carbocycles. The van der Waals surface area contributed by atoms with Crippen LogP contribution in [0.2, 0.25) is 10.0 Å². The quantitative estimate of drug-likeness (QED) is 0.104. The van der Waals surface area contributed by atoms with Gasteiger partial charge in [0.2, 0.25) is 12.1 Å². The molecule has 2 atom stereocenters. The molecule has 0 fully saturated rings. The van der Waals surface area contributed by atoms with Crippen LogP contribution in [-0.2, 0) is 19.2 Å². The molecule has 0 aliphatic carbocycles. The summed E-state index contributed by atoms with van der Waals surface area (Å²) in [6.45, 7) is 6.20. The Balaban J connectivity index is 1.48. The van der Waals surface area contributed by atoms with Crippen molar-refractivity contribution in [2.24, 2.45) is 20.5 Å². The second-order valence-corrected chi connectivity index (χ2v) is 12.0. The fourth-order valence-corrected chi connectivity index (χ4v) is 5.09. The van der Waals surface area contributed by atoms with E-state index in [2.05, 4.69) is 31.1 Å². The summed E-state index contributed by atoms with van der Waals surface area (Å²) in [5, 5.41) is 21.9. The smallest absolute Gasteiger partial charge is 0.258 e. The number of anilines is 2. The minimum Gasteiger partial charge on any atom is -0.495 e. The van der Waals surface area contributed by atoms with Crippen molar-refractivity contribution in [1.29, 1.82) is 0 Å². The normalized spacial score (nSPS) is 12.4. The van der Waals surface area contributed by atoms with Gasteiger partial charge in [-0.1, -0.05) is 47.5 Å². The fraction of sp³-hybridized carbons (Fsp3) is 0.222. The third-order valence-corrected chi connectivity index (χ3v) is 7.89. The lowest BCUT2D eigenvalue weighted by molar-refractivity contribution is -0.127. The zero-order valence-electron chi connectivity index (χ0n) is 28.1. The number of benzene rings is 4. The number of nitrogens with zero attached hydrogens (tertiary/aromatic N) is 4. The van der Waals surface area contributed by atoms with Crippen LogP contribution in [0.5, 0.6) is 11.5 Å².